The number of aromatic nitrogens is 1. The number of unbranched alkanes of at least 4 members (excludes halogenated alkanes) is 1. The van der Waals surface area contributed by atoms with Crippen molar-refractivity contribution >= 4 is 17.3 Å². The number of pyridine rings is 1. The van der Waals surface area contributed by atoms with Crippen molar-refractivity contribution in [2.45, 2.75) is 26.2 Å². The molecule has 1 amide bonds. The molecule has 2 N–H and O–H groups in total. The number of nitrogens with two attached hydrogens (primary N) is 1. The monoisotopic (exact) mass is 262 g/mol. The van der Waals surface area contributed by atoms with Crippen LogP contribution in [-0.2, 0) is 4.79 Å². The van der Waals surface area contributed by atoms with Gasteiger partial charge in [0.2, 0.25) is 5.91 Å². The number of carbonyl (C=O) groups excluding carboxylic acids is 1. The maximum Gasteiger partial charge on any atom is 0.222 e. The summed E-state index contributed by atoms with van der Waals surface area (Å²) in [6, 6.07) is 1.93. The Bertz CT molecular complexity index is 427. The van der Waals surface area contributed by atoms with Crippen LogP contribution in [0.15, 0.2) is 18.5 Å². The summed E-state index contributed by atoms with van der Waals surface area (Å²) in [7, 11) is 0. The van der Waals surface area contributed by atoms with Crippen LogP contribution < -0.4 is 10.6 Å². The van der Waals surface area contributed by atoms with Crippen LogP contribution in [0.2, 0.25) is 0 Å². The Morgan fingerprint density at radius 1 is 1.37 bits per heavy atom. The van der Waals surface area contributed by atoms with Gasteiger partial charge in [-0.3, -0.25) is 9.78 Å². The molecule has 0 aromatic carbocycles. The van der Waals surface area contributed by atoms with E-state index in [1.165, 1.54) is 0 Å². The molecule has 0 spiro atoms. The molecule has 1 aromatic rings. The Morgan fingerprint density at radius 3 is 2.74 bits per heavy atom. The largest absolute Gasteiger partial charge is 0.396 e. The van der Waals surface area contributed by atoms with Gasteiger partial charge in [0.25, 0.3) is 0 Å². The second-order valence-electron chi connectivity index (χ2n) is 4.91. The van der Waals surface area contributed by atoms with Crippen molar-refractivity contribution in [2.75, 3.05) is 36.8 Å². The fraction of sp³-hybridized carbons (Fsp3) is 0.571. The summed E-state index contributed by atoms with van der Waals surface area (Å²) in [6.45, 7) is 5.35. The molecule has 5 heteroatoms. The maximum atomic E-state index is 11.9. The zero-order valence-electron chi connectivity index (χ0n) is 11.5. The molecule has 0 aliphatic carbocycles. The maximum absolute atomic E-state index is 11.9. The number of nitrogens with zero attached hydrogens (tertiary/aromatic N) is 3. The summed E-state index contributed by atoms with van der Waals surface area (Å²) in [4.78, 5) is 20.1. The smallest absolute Gasteiger partial charge is 0.222 e. The fourth-order valence-electron chi connectivity index (χ4n) is 2.37. The zero-order valence-corrected chi connectivity index (χ0v) is 11.5. The van der Waals surface area contributed by atoms with Crippen LogP contribution >= 0.6 is 0 Å². The Labute approximate surface area is 114 Å². The first-order valence-corrected chi connectivity index (χ1v) is 6.94. The van der Waals surface area contributed by atoms with Crippen molar-refractivity contribution in [3.05, 3.63) is 18.5 Å². The zero-order chi connectivity index (χ0) is 13.7. The topological polar surface area (TPSA) is 62.5 Å². The first-order chi connectivity index (χ1) is 9.22. The van der Waals surface area contributed by atoms with Gasteiger partial charge < -0.3 is 15.5 Å². The normalized spacial score (nSPS) is 15.6. The van der Waals surface area contributed by atoms with Crippen LogP contribution in [0.3, 0.4) is 0 Å². The van der Waals surface area contributed by atoms with Gasteiger partial charge in [-0.2, -0.15) is 0 Å². The van der Waals surface area contributed by atoms with Gasteiger partial charge >= 0.3 is 0 Å². The molecular formula is C14H22N4O. The van der Waals surface area contributed by atoms with Crippen molar-refractivity contribution in [1.29, 1.82) is 0 Å². The lowest BCUT2D eigenvalue weighted by Crippen LogP contribution is -2.48. The Hall–Kier alpha value is -1.78. The van der Waals surface area contributed by atoms with Crippen molar-refractivity contribution in [3.63, 3.8) is 0 Å². The predicted molar refractivity (Wildman–Crippen MR) is 77.0 cm³/mol. The molecule has 0 saturated carbocycles. The summed E-state index contributed by atoms with van der Waals surface area (Å²) in [5, 5.41) is 0. The molecule has 104 valence electrons. The third kappa shape index (κ3) is 3.36. The number of amides is 1. The second kappa shape index (κ2) is 6.41. The number of nitrogen functional groups attached to an aromatic ring is 1. The minimum Gasteiger partial charge on any atom is -0.396 e. The highest BCUT2D eigenvalue weighted by molar-refractivity contribution is 5.76. The van der Waals surface area contributed by atoms with E-state index in [2.05, 4.69) is 16.8 Å². The molecule has 19 heavy (non-hydrogen) atoms. The molecular weight excluding hydrogens is 240 g/mol. The van der Waals surface area contributed by atoms with E-state index in [0.717, 1.165) is 44.7 Å². The number of carbonyl (C=O) groups is 1. The average Bonchev–Trinajstić information content (AvgIpc) is 2.45. The number of hydrogen-bond donors (Lipinski definition) is 1. The minimum absolute atomic E-state index is 0.282. The lowest BCUT2D eigenvalue weighted by Gasteiger charge is -2.36. The number of rotatable bonds is 4. The summed E-state index contributed by atoms with van der Waals surface area (Å²) in [5.74, 6) is 0.282. The summed E-state index contributed by atoms with van der Waals surface area (Å²) in [5.41, 5.74) is 7.65. The molecule has 2 heterocycles. The third-order valence-electron chi connectivity index (χ3n) is 3.55. The summed E-state index contributed by atoms with van der Waals surface area (Å²) in [6.07, 6.45) is 6.15. The van der Waals surface area contributed by atoms with Gasteiger partial charge in [-0.25, -0.2) is 0 Å². The minimum atomic E-state index is 0.282. The molecule has 0 radical (unpaired) electrons. The molecule has 1 fully saturated rings. The van der Waals surface area contributed by atoms with Crippen molar-refractivity contribution in [2.24, 2.45) is 0 Å². The van der Waals surface area contributed by atoms with Crippen molar-refractivity contribution < 1.29 is 4.79 Å². The first kappa shape index (κ1) is 13.6. The van der Waals surface area contributed by atoms with E-state index in [1.54, 1.807) is 12.4 Å². The van der Waals surface area contributed by atoms with Crippen molar-refractivity contribution in [3.8, 4) is 0 Å². The van der Waals surface area contributed by atoms with Crippen molar-refractivity contribution in [1.82, 2.24) is 9.88 Å². The quantitative estimate of drug-likeness (QED) is 0.893. The number of hydrogen-bond acceptors (Lipinski definition) is 4. The molecule has 5 nitrogen and oxygen atoms in total. The Balaban J connectivity index is 1.89. The van der Waals surface area contributed by atoms with Gasteiger partial charge in [0.1, 0.15) is 0 Å². The van der Waals surface area contributed by atoms with Gasteiger partial charge in [-0.15, -0.1) is 0 Å². The van der Waals surface area contributed by atoms with Gasteiger partial charge in [0.15, 0.2) is 0 Å². The highest BCUT2D eigenvalue weighted by Gasteiger charge is 2.21. The molecule has 2 rings (SSSR count). The van der Waals surface area contributed by atoms with Crippen LogP contribution in [0.25, 0.3) is 0 Å². The van der Waals surface area contributed by atoms with Crippen LogP contribution in [0.5, 0.6) is 0 Å². The van der Waals surface area contributed by atoms with Gasteiger partial charge in [0.05, 0.1) is 17.6 Å². The predicted octanol–water partition coefficient (Wildman–Crippen LogP) is 1.50. The highest BCUT2D eigenvalue weighted by Crippen LogP contribution is 2.22. The lowest BCUT2D eigenvalue weighted by molar-refractivity contribution is -0.131. The average molecular weight is 262 g/mol. The van der Waals surface area contributed by atoms with E-state index in [9.17, 15) is 4.79 Å². The van der Waals surface area contributed by atoms with E-state index in [0.29, 0.717) is 12.1 Å². The van der Waals surface area contributed by atoms with Crippen LogP contribution in [0, 0.1) is 0 Å². The molecule has 1 saturated heterocycles. The van der Waals surface area contributed by atoms with E-state index >= 15 is 0 Å². The summed E-state index contributed by atoms with van der Waals surface area (Å²) >= 11 is 0. The molecule has 1 aliphatic heterocycles. The van der Waals surface area contributed by atoms with Gasteiger partial charge in [-0.05, 0) is 12.5 Å². The fourth-order valence-corrected chi connectivity index (χ4v) is 2.37. The molecule has 1 aliphatic rings. The first-order valence-electron chi connectivity index (χ1n) is 6.94. The second-order valence-corrected chi connectivity index (χ2v) is 4.91. The van der Waals surface area contributed by atoms with E-state index < -0.39 is 0 Å². The number of piperazine rings is 1. The van der Waals surface area contributed by atoms with E-state index in [1.807, 2.05) is 11.0 Å². The third-order valence-corrected chi connectivity index (χ3v) is 3.55. The van der Waals surface area contributed by atoms with Gasteiger partial charge in [-0.1, -0.05) is 13.3 Å². The van der Waals surface area contributed by atoms with E-state index in [4.69, 9.17) is 5.73 Å². The van der Waals surface area contributed by atoms with E-state index in [-0.39, 0.29) is 5.91 Å². The standard InChI is InChI=1S/C14H22N4O/c1-2-3-4-14(19)18-9-7-17(8-10-18)13-5-6-16-11-12(13)15/h5-6,11H,2-4,7-10,15H2,1H3. The molecule has 1 aromatic heterocycles. The lowest BCUT2D eigenvalue weighted by atomic mass is 10.2. The Kier molecular flexibility index (Phi) is 4.60. The molecule has 0 atom stereocenters. The molecule has 0 unspecified atom stereocenters. The Morgan fingerprint density at radius 2 is 2.11 bits per heavy atom. The SMILES string of the molecule is CCCCC(=O)N1CCN(c2ccncc2N)CC1. The summed E-state index contributed by atoms with van der Waals surface area (Å²) < 4.78 is 0. The van der Waals surface area contributed by atoms with Crippen LogP contribution in [-0.4, -0.2) is 42.0 Å². The van der Waals surface area contributed by atoms with Crippen LogP contribution in [0.4, 0.5) is 11.4 Å². The van der Waals surface area contributed by atoms with Gasteiger partial charge in [0, 0.05) is 38.8 Å². The highest BCUT2D eigenvalue weighted by atomic mass is 16.2. The molecule has 0 bridgehead atoms. The number of anilines is 2. The van der Waals surface area contributed by atoms with Crippen LogP contribution in [0.1, 0.15) is 26.2 Å².